The molecule has 0 aliphatic carbocycles. The van der Waals surface area contributed by atoms with Gasteiger partial charge in [0.1, 0.15) is 11.4 Å². The Morgan fingerprint density at radius 3 is 2.50 bits per heavy atom. The van der Waals surface area contributed by atoms with Crippen LogP contribution in [0.1, 0.15) is 52.9 Å². The van der Waals surface area contributed by atoms with E-state index in [9.17, 15) is 9.59 Å². The van der Waals surface area contributed by atoms with Crippen molar-refractivity contribution in [1.82, 2.24) is 9.78 Å². The summed E-state index contributed by atoms with van der Waals surface area (Å²) < 4.78 is 1.51. The minimum atomic E-state index is -0.588. The lowest BCUT2D eigenvalue weighted by molar-refractivity contribution is 0.0976. The lowest BCUT2D eigenvalue weighted by atomic mass is 10.1. The highest BCUT2D eigenvalue weighted by atomic mass is 16.1. The van der Waals surface area contributed by atoms with E-state index in [-0.39, 0.29) is 23.2 Å². The maximum Gasteiger partial charge on any atom is 0.267 e. The van der Waals surface area contributed by atoms with Crippen LogP contribution in [-0.4, -0.2) is 21.5 Å². The van der Waals surface area contributed by atoms with Gasteiger partial charge in [-0.05, 0) is 12.5 Å². The van der Waals surface area contributed by atoms with Crippen LogP contribution < -0.4 is 5.73 Å². The Bertz CT molecular complexity index is 632. The molecule has 1 atom stereocenters. The SMILES string of the molecule is CCC(=O)c1cc(C(N)=O)n([C@@H](C)c2ccccc2)n1. The van der Waals surface area contributed by atoms with Gasteiger partial charge in [-0.15, -0.1) is 0 Å². The number of carbonyl (C=O) groups excluding carboxylic acids is 2. The van der Waals surface area contributed by atoms with E-state index < -0.39 is 5.91 Å². The first-order chi connectivity index (χ1) is 9.54. The number of benzene rings is 1. The third kappa shape index (κ3) is 2.61. The molecule has 5 heteroatoms. The number of primary amides is 1. The summed E-state index contributed by atoms with van der Waals surface area (Å²) in [7, 11) is 0. The second-order valence-electron chi connectivity index (χ2n) is 4.59. The number of nitrogens with two attached hydrogens (primary N) is 1. The van der Waals surface area contributed by atoms with Crippen LogP contribution in [0.15, 0.2) is 36.4 Å². The van der Waals surface area contributed by atoms with Gasteiger partial charge < -0.3 is 5.73 Å². The third-order valence-electron chi connectivity index (χ3n) is 3.24. The number of rotatable bonds is 5. The summed E-state index contributed by atoms with van der Waals surface area (Å²) in [5.41, 5.74) is 6.90. The van der Waals surface area contributed by atoms with E-state index in [4.69, 9.17) is 5.73 Å². The molecule has 0 aliphatic rings. The van der Waals surface area contributed by atoms with E-state index in [1.54, 1.807) is 6.92 Å². The van der Waals surface area contributed by atoms with Crippen molar-refractivity contribution < 1.29 is 9.59 Å². The van der Waals surface area contributed by atoms with Crippen molar-refractivity contribution in [2.45, 2.75) is 26.3 Å². The molecular formula is C15H17N3O2. The number of nitrogens with zero attached hydrogens (tertiary/aromatic N) is 2. The number of amides is 1. The average molecular weight is 271 g/mol. The molecule has 0 fully saturated rings. The Balaban J connectivity index is 2.47. The van der Waals surface area contributed by atoms with Crippen LogP contribution in [0.3, 0.4) is 0 Å². The number of hydrogen-bond acceptors (Lipinski definition) is 3. The third-order valence-corrected chi connectivity index (χ3v) is 3.24. The summed E-state index contributed by atoms with van der Waals surface area (Å²) in [6.45, 7) is 3.67. The molecule has 0 saturated carbocycles. The van der Waals surface area contributed by atoms with Gasteiger partial charge in [0.25, 0.3) is 5.91 Å². The molecule has 2 N–H and O–H groups in total. The molecular weight excluding hydrogens is 254 g/mol. The van der Waals surface area contributed by atoms with Crippen LogP contribution in [0.25, 0.3) is 0 Å². The van der Waals surface area contributed by atoms with E-state index in [1.165, 1.54) is 10.7 Å². The fourth-order valence-electron chi connectivity index (χ4n) is 2.06. The van der Waals surface area contributed by atoms with Crippen LogP contribution in [0.5, 0.6) is 0 Å². The largest absolute Gasteiger partial charge is 0.364 e. The van der Waals surface area contributed by atoms with Crippen LogP contribution in [0.2, 0.25) is 0 Å². The lowest BCUT2D eigenvalue weighted by Crippen LogP contribution is -2.20. The minimum Gasteiger partial charge on any atom is -0.364 e. The second-order valence-corrected chi connectivity index (χ2v) is 4.59. The number of ketones is 1. The fourth-order valence-corrected chi connectivity index (χ4v) is 2.06. The van der Waals surface area contributed by atoms with Crippen molar-refractivity contribution in [3.05, 3.63) is 53.3 Å². The maximum absolute atomic E-state index is 11.7. The molecule has 104 valence electrons. The minimum absolute atomic E-state index is 0.105. The molecule has 1 aromatic carbocycles. The smallest absolute Gasteiger partial charge is 0.267 e. The van der Waals surface area contributed by atoms with Crippen molar-refractivity contribution in [2.75, 3.05) is 0 Å². The molecule has 1 aromatic heterocycles. The van der Waals surface area contributed by atoms with Crippen molar-refractivity contribution in [3.8, 4) is 0 Å². The van der Waals surface area contributed by atoms with Crippen LogP contribution in [0.4, 0.5) is 0 Å². The summed E-state index contributed by atoms with van der Waals surface area (Å²) in [6.07, 6.45) is 0.342. The maximum atomic E-state index is 11.7. The topological polar surface area (TPSA) is 78.0 Å². The van der Waals surface area contributed by atoms with E-state index in [1.807, 2.05) is 37.3 Å². The number of Topliss-reactive ketones (excluding diaryl/α,β-unsaturated/α-hetero) is 1. The Kier molecular flexibility index (Phi) is 3.98. The molecule has 0 bridgehead atoms. The van der Waals surface area contributed by atoms with E-state index >= 15 is 0 Å². The second kappa shape index (κ2) is 5.69. The normalized spacial score (nSPS) is 12.1. The fraction of sp³-hybridized carbons (Fsp3) is 0.267. The standard InChI is InChI=1S/C15H17N3O2/c1-3-14(19)12-9-13(15(16)20)18(17-12)10(2)11-7-5-4-6-8-11/h4-10H,3H2,1-2H3,(H2,16,20)/t10-/m0/s1. The van der Waals surface area contributed by atoms with Crippen LogP contribution in [-0.2, 0) is 0 Å². The predicted octanol–water partition coefficient (Wildman–Crippen LogP) is 2.18. The number of carbonyl (C=O) groups is 2. The van der Waals surface area contributed by atoms with Gasteiger partial charge in [0.15, 0.2) is 5.78 Å². The number of aromatic nitrogens is 2. The Hall–Kier alpha value is -2.43. The van der Waals surface area contributed by atoms with Gasteiger partial charge in [-0.25, -0.2) is 0 Å². The zero-order valence-corrected chi connectivity index (χ0v) is 11.5. The molecule has 0 radical (unpaired) electrons. The Morgan fingerprint density at radius 1 is 1.30 bits per heavy atom. The Labute approximate surface area is 117 Å². The van der Waals surface area contributed by atoms with Gasteiger partial charge in [0.05, 0.1) is 6.04 Å². The van der Waals surface area contributed by atoms with Crippen molar-refractivity contribution >= 4 is 11.7 Å². The van der Waals surface area contributed by atoms with Gasteiger partial charge in [0, 0.05) is 12.5 Å². The van der Waals surface area contributed by atoms with Gasteiger partial charge >= 0.3 is 0 Å². The average Bonchev–Trinajstić information content (AvgIpc) is 2.92. The van der Waals surface area contributed by atoms with E-state index in [0.717, 1.165) is 5.56 Å². The molecule has 20 heavy (non-hydrogen) atoms. The van der Waals surface area contributed by atoms with Gasteiger partial charge in [-0.2, -0.15) is 5.10 Å². The Morgan fingerprint density at radius 2 is 1.95 bits per heavy atom. The highest BCUT2D eigenvalue weighted by Gasteiger charge is 2.20. The van der Waals surface area contributed by atoms with Gasteiger partial charge in [-0.3, -0.25) is 14.3 Å². The van der Waals surface area contributed by atoms with E-state index in [2.05, 4.69) is 5.10 Å². The monoisotopic (exact) mass is 271 g/mol. The first-order valence-electron chi connectivity index (χ1n) is 6.52. The van der Waals surface area contributed by atoms with E-state index in [0.29, 0.717) is 6.42 Å². The van der Waals surface area contributed by atoms with Crippen molar-refractivity contribution in [3.63, 3.8) is 0 Å². The predicted molar refractivity (Wildman–Crippen MR) is 75.6 cm³/mol. The molecule has 0 spiro atoms. The molecule has 1 heterocycles. The molecule has 0 aliphatic heterocycles. The molecule has 0 unspecified atom stereocenters. The summed E-state index contributed by atoms with van der Waals surface area (Å²) in [5, 5.41) is 4.24. The van der Waals surface area contributed by atoms with Crippen molar-refractivity contribution in [1.29, 1.82) is 0 Å². The number of hydrogen-bond donors (Lipinski definition) is 1. The highest BCUT2D eigenvalue weighted by molar-refractivity contribution is 5.98. The highest BCUT2D eigenvalue weighted by Crippen LogP contribution is 2.20. The summed E-state index contributed by atoms with van der Waals surface area (Å²) in [4.78, 5) is 23.3. The zero-order chi connectivity index (χ0) is 14.7. The molecule has 2 aromatic rings. The first-order valence-corrected chi connectivity index (χ1v) is 6.52. The summed E-state index contributed by atoms with van der Waals surface area (Å²) >= 11 is 0. The molecule has 0 saturated heterocycles. The van der Waals surface area contributed by atoms with Crippen LogP contribution >= 0.6 is 0 Å². The molecule has 2 rings (SSSR count). The summed E-state index contributed by atoms with van der Waals surface area (Å²) in [6, 6.07) is 10.9. The molecule has 5 nitrogen and oxygen atoms in total. The summed E-state index contributed by atoms with van der Waals surface area (Å²) in [5.74, 6) is -0.693. The van der Waals surface area contributed by atoms with Gasteiger partial charge in [-0.1, -0.05) is 37.3 Å². The zero-order valence-electron chi connectivity index (χ0n) is 11.5. The molecule has 1 amide bonds. The first kappa shape index (κ1) is 14.0. The van der Waals surface area contributed by atoms with Crippen LogP contribution in [0, 0.1) is 0 Å². The van der Waals surface area contributed by atoms with Crippen molar-refractivity contribution in [2.24, 2.45) is 5.73 Å². The lowest BCUT2D eigenvalue weighted by Gasteiger charge is -2.14. The van der Waals surface area contributed by atoms with Gasteiger partial charge in [0.2, 0.25) is 0 Å². The quantitative estimate of drug-likeness (QED) is 0.847.